The van der Waals surface area contributed by atoms with E-state index < -0.39 is 40.4 Å². The fourth-order valence-electron chi connectivity index (χ4n) is 7.53. The number of carboxylic acid groups (broad SMARTS) is 1. The van der Waals surface area contributed by atoms with Crippen LogP contribution in [0.5, 0.6) is 11.5 Å². The first-order valence-corrected chi connectivity index (χ1v) is 14.1. The number of carboxylic acids is 1. The van der Waals surface area contributed by atoms with E-state index in [1.807, 2.05) is 24.4 Å². The van der Waals surface area contributed by atoms with Gasteiger partial charge in [0, 0.05) is 58.6 Å². The molecular formula is C32H25F4N2O3+. The van der Waals surface area contributed by atoms with Crippen molar-refractivity contribution in [2.75, 3.05) is 24.5 Å². The Morgan fingerprint density at radius 1 is 0.878 bits per heavy atom. The molecule has 41 heavy (non-hydrogen) atoms. The molecule has 5 heterocycles. The standard InChI is InChI=1S/C32H24F4N2O3/c33-24-22(23(32(39)40)25(34)27(36)26(24)35)21-19-13-15-5-1-9-37-11-3-7-17(28(15)37)30(19)41-31-18-8-4-12-38-10-2-6-16(29(18)38)14-20(21)31/h1,9,13-14H,2-8,10-12H2/p+1. The van der Waals surface area contributed by atoms with E-state index in [1.54, 1.807) is 0 Å². The number of rotatable bonds is 2. The van der Waals surface area contributed by atoms with Crippen molar-refractivity contribution in [1.82, 2.24) is 4.58 Å². The summed E-state index contributed by atoms with van der Waals surface area (Å²) in [7, 11) is 0. The van der Waals surface area contributed by atoms with Crippen molar-refractivity contribution in [1.29, 1.82) is 0 Å². The third-order valence-corrected chi connectivity index (χ3v) is 9.11. The second-order valence-electron chi connectivity index (χ2n) is 11.3. The summed E-state index contributed by atoms with van der Waals surface area (Å²) < 4.78 is 69.5. The molecule has 1 N–H and O–H groups in total. The first-order chi connectivity index (χ1) is 19.8. The second-order valence-corrected chi connectivity index (χ2v) is 11.3. The quantitative estimate of drug-likeness (QED) is 0.170. The molecule has 0 radical (unpaired) electrons. The lowest BCUT2D eigenvalue weighted by Crippen LogP contribution is -2.45. The summed E-state index contributed by atoms with van der Waals surface area (Å²) in [5.74, 6) is -8.81. The van der Waals surface area contributed by atoms with Crippen LogP contribution in [0.25, 0.3) is 5.57 Å². The van der Waals surface area contributed by atoms with Gasteiger partial charge in [-0.25, -0.2) is 26.9 Å². The molecule has 0 aromatic heterocycles. The number of halogens is 4. The van der Waals surface area contributed by atoms with Crippen molar-refractivity contribution in [3.8, 4) is 11.5 Å². The molecule has 5 nitrogen and oxygen atoms in total. The number of hydrogen-bond donors (Lipinski definition) is 1. The van der Waals surface area contributed by atoms with Gasteiger partial charge in [0.05, 0.1) is 11.3 Å². The van der Waals surface area contributed by atoms with E-state index in [9.17, 15) is 18.7 Å². The minimum atomic E-state index is -2.14. The Morgan fingerprint density at radius 3 is 2.44 bits per heavy atom. The van der Waals surface area contributed by atoms with Gasteiger partial charge in [0.2, 0.25) is 5.36 Å². The van der Waals surface area contributed by atoms with Gasteiger partial charge < -0.3 is 14.7 Å². The van der Waals surface area contributed by atoms with Gasteiger partial charge in [-0.15, -0.1) is 0 Å². The van der Waals surface area contributed by atoms with Crippen molar-refractivity contribution in [2.24, 2.45) is 0 Å². The van der Waals surface area contributed by atoms with Crippen LogP contribution >= 0.6 is 0 Å². The van der Waals surface area contributed by atoms with E-state index in [1.165, 1.54) is 0 Å². The lowest BCUT2D eigenvalue weighted by atomic mass is 9.82. The maximum absolute atomic E-state index is 15.9. The number of carbonyl (C=O) groups is 1. The van der Waals surface area contributed by atoms with Gasteiger partial charge >= 0.3 is 5.97 Å². The Kier molecular flexibility index (Phi) is 5.22. The predicted molar refractivity (Wildman–Crippen MR) is 143 cm³/mol. The molecule has 5 aliphatic heterocycles. The fourth-order valence-corrected chi connectivity index (χ4v) is 7.53. The van der Waals surface area contributed by atoms with E-state index in [2.05, 4.69) is 9.48 Å². The minimum absolute atomic E-state index is 0.0291. The number of aromatic carboxylic acids is 1. The van der Waals surface area contributed by atoms with E-state index in [0.29, 0.717) is 41.5 Å². The number of fused-ring (bicyclic) bond motifs is 4. The summed E-state index contributed by atoms with van der Waals surface area (Å²) in [5, 5.41) is 11.5. The monoisotopic (exact) mass is 561 g/mol. The molecule has 8 rings (SSSR count). The van der Waals surface area contributed by atoms with Gasteiger partial charge in [0.25, 0.3) is 0 Å². The van der Waals surface area contributed by atoms with E-state index in [-0.39, 0.29) is 5.57 Å². The van der Waals surface area contributed by atoms with Gasteiger partial charge in [-0.2, -0.15) is 0 Å². The molecular weight excluding hydrogens is 536 g/mol. The average Bonchev–Trinajstić information content (AvgIpc) is 2.98. The second kappa shape index (κ2) is 8.68. The van der Waals surface area contributed by atoms with Crippen molar-refractivity contribution in [3.63, 3.8) is 0 Å². The molecule has 0 aliphatic carbocycles. The molecule has 5 aliphatic rings. The highest BCUT2D eigenvalue weighted by Gasteiger charge is 2.39. The van der Waals surface area contributed by atoms with Crippen molar-refractivity contribution < 1.29 is 32.2 Å². The number of aryl methyl sites for hydroxylation is 1. The Hall–Kier alpha value is -4.14. The van der Waals surface area contributed by atoms with E-state index >= 15 is 8.78 Å². The highest BCUT2D eigenvalue weighted by molar-refractivity contribution is 5.99. The predicted octanol–water partition coefficient (Wildman–Crippen LogP) is 4.50. The van der Waals surface area contributed by atoms with Crippen LogP contribution in [0.3, 0.4) is 0 Å². The highest BCUT2D eigenvalue weighted by atomic mass is 19.2. The Labute approximate surface area is 232 Å². The third-order valence-electron chi connectivity index (χ3n) is 9.11. The van der Waals surface area contributed by atoms with Crippen LogP contribution in [0.15, 0.2) is 24.4 Å². The third kappa shape index (κ3) is 3.29. The van der Waals surface area contributed by atoms with Gasteiger partial charge in [-0.3, -0.25) is 0 Å². The summed E-state index contributed by atoms with van der Waals surface area (Å²) in [6.07, 6.45) is 9.36. The lowest BCUT2D eigenvalue weighted by Gasteiger charge is -2.36. The molecule has 0 bridgehead atoms. The van der Waals surface area contributed by atoms with Crippen molar-refractivity contribution in [3.05, 3.63) is 97.2 Å². The maximum Gasteiger partial charge on any atom is 0.339 e. The average molecular weight is 562 g/mol. The van der Waals surface area contributed by atoms with Crippen LogP contribution in [0, 0.1) is 23.3 Å². The maximum atomic E-state index is 15.9. The van der Waals surface area contributed by atoms with Crippen LogP contribution in [0.4, 0.5) is 23.2 Å². The molecule has 0 saturated carbocycles. The molecule has 9 heteroatoms. The van der Waals surface area contributed by atoms with Crippen LogP contribution in [0.1, 0.15) is 63.0 Å². The zero-order chi connectivity index (χ0) is 28.2. The van der Waals surface area contributed by atoms with Crippen LogP contribution < -0.4 is 24.8 Å². The normalized spacial score (nSPS) is 17.9. The van der Waals surface area contributed by atoms with Gasteiger partial charge in [0.1, 0.15) is 30.2 Å². The smallest absolute Gasteiger partial charge is 0.339 e. The molecule has 3 aromatic rings. The number of nitrogens with zero attached hydrogens (tertiary/aromatic N) is 2. The van der Waals surface area contributed by atoms with Crippen molar-refractivity contribution >= 4 is 17.2 Å². The summed E-state index contributed by atoms with van der Waals surface area (Å²) in [6, 6.07) is 3.67. The summed E-state index contributed by atoms with van der Waals surface area (Å²) in [6.45, 7) is 2.62. The van der Waals surface area contributed by atoms with E-state index in [4.69, 9.17) is 4.74 Å². The Morgan fingerprint density at radius 2 is 1.63 bits per heavy atom. The number of hydrogen-bond acceptors (Lipinski definition) is 3. The molecule has 0 amide bonds. The van der Waals surface area contributed by atoms with Gasteiger partial charge in [0.15, 0.2) is 23.3 Å². The molecule has 0 spiro atoms. The number of anilines is 1. The largest absolute Gasteiger partial charge is 0.478 e. The topological polar surface area (TPSA) is 52.8 Å². The number of benzene rings is 3. The zero-order valence-corrected chi connectivity index (χ0v) is 22.1. The Bertz CT molecular complexity index is 1910. The summed E-state index contributed by atoms with van der Waals surface area (Å²) in [4.78, 5) is 14.5. The van der Waals surface area contributed by atoms with Gasteiger partial charge in [-0.1, -0.05) is 6.08 Å². The fraction of sp³-hybridized carbons (Fsp3) is 0.312. The first kappa shape index (κ1) is 24.6. The molecule has 0 saturated heterocycles. The first-order valence-electron chi connectivity index (χ1n) is 14.1. The molecule has 3 aromatic carbocycles. The lowest BCUT2D eigenvalue weighted by molar-refractivity contribution is 0.0689. The number of ether oxygens (including phenoxy) is 1. The highest BCUT2D eigenvalue weighted by Crippen LogP contribution is 2.49. The van der Waals surface area contributed by atoms with Crippen LogP contribution in [-0.4, -0.2) is 30.7 Å². The molecule has 0 fully saturated rings. The zero-order valence-electron chi connectivity index (χ0n) is 22.1. The SMILES string of the molecule is O=C(O)c1c(F)c(F)c(F)c(F)c1C1=c2cc3c4c(c2Oc2c1cc1c5c2CCCN5C=CC1)CCC[N+]=4CCC3. The van der Waals surface area contributed by atoms with Crippen LogP contribution in [-0.2, 0) is 25.7 Å². The Balaban J connectivity index is 1.59. The van der Waals surface area contributed by atoms with Crippen molar-refractivity contribution in [2.45, 2.75) is 44.9 Å². The molecule has 0 atom stereocenters. The minimum Gasteiger partial charge on any atom is -0.478 e. The summed E-state index contributed by atoms with van der Waals surface area (Å²) >= 11 is 0. The van der Waals surface area contributed by atoms with E-state index in [0.717, 1.165) is 78.6 Å². The van der Waals surface area contributed by atoms with Gasteiger partial charge in [-0.05, 0) is 49.8 Å². The number of allylic oxidation sites excluding steroid dienone is 1. The molecule has 0 unspecified atom stereocenters. The van der Waals surface area contributed by atoms with Crippen LogP contribution in [0.2, 0.25) is 0 Å². The molecule has 208 valence electrons. The summed E-state index contributed by atoms with van der Waals surface area (Å²) in [5.41, 5.74) is 3.15.